The van der Waals surface area contributed by atoms with Crippen molar-refractivity contribution in [2.75, 3.05) is 0 Å². The van der Waals surface area contributed by atoms with Gasteiger partial charge in [-0.1, -0.05) is 48.5 Å². The first-order valence-electron chi connectivity index (χ1n) is 6.93. The zero-order chi connectivity index (χ0) is 16.3. The summed E-state index contributed by atoms with van der Waals surface area (Å²) in [7, 11) is -3.65. The highest BCUT2D eigenvalue weighted by atomic mass is 79.9. The smallest absolute Gasteiger partial charge is 0.207 e. The first-order chi connectivity index (χ1) is 11.1. The van der Waals surface area contributed by atoms with Gasteiger partial charge in [-0.05, 0) is 45.1 Å². The maximum absolute atomic E-state index is 12.8. The number of hydrogen-bond acceptors (Lipinski definition) is 3. The first kappa shape index (κ1) is 16.4. The molecule has 0 spiro atoms. The lowest BCUT2D eigenvalue weighted by atomic mass is 10.1. The molecule has 0 unspecified atom stereocenters. The Morgan fingerprint density at radius 1 is 0.913 bits per heavy atom. The van der Waals surface area contributed by atoms with Crippen molar-refractivity contribution >= 4 is 37.3 Å². The number of thiophene rings is 1. The maximum Gasteiger partial charge on any atom is 0.242 e. The zero-order valence-electron chi connectivity index (χ0n) is 12.0. The van der Waals surface area contributed by atoms with Gasteiger partial charge in [0.05, 0.1) is 10.9 Å². The van der Waals surface area contributed by atoms with Crippen LogP contribution in [0.1, 0.15) is 16.5 Å². The van der Waals surface area contributed by atoms with E-state index in [1.54, 1.807) is 24.3 Å². The van der Waals surface area contributed by atoms with Crippen LogP contribution in [0.2, 0.25) is 0 Å². The second-order valence-electron chi connectivity index (χ2n) is 4.91. The van der Waals surface area contributed by atoms with Gasteiger partial charge in [0.1, 0.15) is 0 Å². The summed E-state index contributed by atoms with van der Waals surface area (Å²) < 4.78 is 29.0. The van der Waals surface area contributed by atoms with Crippen LogP contribution in [0.25, 0.3) is 0 Å². The van der Waals surface area contributed by atoms with Gasteiger partial charge in [0, 0.05) is 9.35 Å². The summed E-state index contributed by atoms with van der Waals surface area (Å²) in [5.74, 6) is 0. The van der Waals surface area contributed by atoms with Gasteiger partial charge in [0.25, 0.3) is 0 Å². The standard InChI is InChI=1S/C17H14BrNO2S2/c18-14-9-4-5-11-16(14)23(20,21)19-17(15-10-6-12-22-15)13-7-2-1-3-8-13/h1-12,17,19H/t17-/m0/s1. The monoisotopic (exact) mass is 407 g/mol. The molecule has 0 bridgehead atoms. The molecule has 0 amide bonds. The van der Waals surface area contributed by atoms with Crippen molar-refractivity contribution < 1.29 is 8.42 Å². The fourth-order valence-corrected chi connectivity index (χ4v) is 5.36. The van der Waals surface area contributed by atoms with Gasteiger partial charge in [0.2, 0.25) is 10.0 Å². The molecule has 1 atom stereocenters. The van der Waals surface area contributed by atoms with Crippen LogP contribution < -0.4 is 4.72 Å². The van der Waals surface area contributed by atoms with Gasteiger partial charge in [-0.25, -0.2) is 8.42 Å². The second-order valence-corrected chi connectivity index (χ2v) is 8.43. The SMILES string of the molecule is O=S(=O)(N[C@@H](c1ccccc1)c1cccs1)c1ccccc1Br. The second kappa shape index (κ2) is 6.97. The largest absolute Gasteiger partial charge is 0.242 e. The van der Waals surface area contributed by atoms with E-state index in [9.17, 15) is 8.42 Å². The quantitative estimate of drug-likeness (QED) is 0.672. The Bertz CT molecular complexity index is 878. The summed E-state index contributed by atoms with van der Waals surface area (Å²) in [5.41, 5.74) is 0.908. The van der Waals surface area contributed by atoms with E-state index in [2.05, 4.69) is 20.7 Å². The fraction of sp³-hybridized carbons (Fsp3) is 0.0588. The Balaban J connectivity index is 2.01. The van der Waals surface area contributed by atoms with Crippen LogP contribution in [0.15, 0.2) is 81.5 Å². The van der Waals surface area contributed by atoms with Crippen LogP contribution in [0.3, 0.4) is 0 Å². The van der Waals surface area contributed by atoms with Gasteiger partial charge >= 0.3 is 0 Å². The molecule has 0 aliphatic carbocycles. The third kappa shape index (κ3) is 3.72. The normalized spacial score (nSPS) is 12.9. The first-order valence-corrected chi connectivity index (χ1v) is 10.1. The average molecular weight is 408 g/mol. The Hall–Kier alpha value is -1.47. The number of benzene rings is 2. The number of sulfonamides is 1. The minimum atomic E-state index is -3.65. The fourth-order valence-electron chi connectivity index (χ4n) is 2.27. The molecule has 2 aromatic carbocycles. The van der Waals surface area contributed by atoms with Gasteiger partial charge in [-0.3, -0.25) is 0 Å². The van der Waals surface area contributed by atoms with E-state index in [0.717, 1.165) is 10.4 Å². The van der Waals surface area contributed by atoms with E-state index in [4.69, 9.17) is 0 Å². The third-order valence-electron chi connectivity index (χ3n) is 3.36. The highest BCUT2D eigenvalue weighted by Crippen LogP contribution is 2.29. The molecule has 3 nitrogen and oxygen atoms in total. The van der Waals surface area contributed by atoms with Crippen LogP contribution in [0.5, 0.6) is 0 Å². The van der Waals surface area contributed by atoms with E-state index in [-0.39, 0.29) is 4.90 Å². The molecule has 23 heavy (non-hydrogen) atoms. The number of nitrogens with one attached hydrogen (secondary N) is 1. The molecule has 1 aromatic heterocycles. The van der Waals surface area contributed by atoms with Crippen molar-refractivity contribution in [3.63, 3.8) is 0 Å². The van der Waals surface area contributed by atoms with Gasteiger partial charge in [0.15, 0.2) is 0 Å². The maximum atomic E-state index is 12.8. The van der Waals surface area contributed by atoms with Crippen molar-refractivity contribution in [2.45, 2.75) is 10.9 Å². The molecule has 3 aromatic rings. The molecule has 0 fully saturated rings. The van der Waals surface area contributed by atoms with Crippen molar-refractivity contribution in [1.29, 1.82) is 0 Å². The van der Waals surface area contributed by atoms with Crippen molar-refractivity contribution in [3.05, 3.63) is 87.0 Å². The van der Waals surface area contributed by atoms with E-state index in [1.165, 1.54) is 11.3 Å². The van der Waals surface area contributed by atoms with Crippen LogP contribution >= 0.6 is 27.3 Å². The van der Waals surface area contributed by atoms with Gasteiger partial charge < -0.3 is 0 Å². The molecule has 6 heteroatoms. The lowest BCUT2D eigenvalue weighted by molar-refractivity contribution is 0.573. The van der Waals surface area contributed by atoms with Crippen LogP contribution in [-0.2, 0) is 10.0 Å². The summed E-state index contributed by atoms with van der Waals surface area (Å²) in [6.07, 6.45) is 0. The summed E-state index contributed by atoms with van der Waals surface area (Å²) in [6, 6.07) is 19.8. The van der Waals surface area contributed by atoms with E-state index in [0.29, 0.717) is 4.47 Å². The van der Waals surface area contributed by atoms with Crippen molar-refractivity contribution in [2.24, 2.45) is 0 Å². The van der Waals surface area contributed by atoms with Crippen molar-refractivity contribution in [1.82, 2.24) is 4.72 Å². The summed E-state index contributed by atoms with van der Waals surface area (Å²) in [4.78, 5) is 1.18. The molecule has 0 aliphatic rings. The van der Waals surface area contributed by atoms with Crippen molar-refractivity contribution in [3.8, 4) is 0 Å². The Morgan fingerprint density at radius 3 is 2.26 bits per heavy atom. The number of halogens is 1. The van der Waals surface area contributed by atoms with Gasteiger partial charge in [-0.2, -0.15) is 4.72 Å². The predicted molar refractivity (Wildman–Crippen MR) is 97.1 cm³/mol. The topological polar surface area (TPSA) is 46.2 Å². The van der Waals surface area contributed by atoms with E-state index < -0.39 is 16.1 Å². The van der Waals surface area contributed by atoms with Crippen LogP contribution in [0.4, 0.5) is 0 Å². The molecular weight excluding hydrogens is 394 g/mol. The summed E-state index contributed by atoms with van der Waals surface area (Å²) in [6.45, 7) is 0. The highest BCUT2D eigenvalue weighted by Gasteiger charge is 2.24. The minimum absolute atomic E-state index is 0.234. The lowest BCUT2D eigenvalue weighted by Gasteiger charge is -2.18. The molecule has 1 N–H and O–H groups in total. The molecular formula is C17H14BrNO2S2. The number of rotatable bonds is 5. The van der Waals surface area contributed by atoms with E-state index in [1.807, 2.05) is 47.8 Å². The van der Waals surface area contributed by atoms with Crippen LogP contribution in [0, 0.1) is 0 Å². The molecule has 0 saturated heterocycles. The molecule has 0 aliphatic heterocycles. The summed E-state index contributed by atoms with van der Waals surface area (Å²) >= 11 is 4.84. The third-order valence-corrected chi connectivity index (χ3v) is 6.73. The van der Waals surface area contributed by atoms with Gasteiger partial charge in [-0.15, -0.1) is 11.3 Å². The Morgan fingerprint density at radius 2 is 1.61 bits per heavy atom. The van der Waals surface area contributed by atoms with Crippen LogP contribution in [-0.4, -0.2) is 8.42 Å². The molecule has 0 saturated carbocycles. The highest BCUT2D eigenvalue weighted by molar-refractivity contribution is 9.10. The zero-order valence-corrected chi connectivity index (χ0v) is 15.2. The molecule has 3 rings (SSSR count). The summed E-state index contributed by atoms with van der Waals surface area (Å²) in [5, 5.41) is 1.94. The predicted octanol–water partition coefficient (Wildman–Crippen LogP) is 4.58. The Kier molecular flexibility index (Phi) is 4.96. The average Bonchev–Trinajstić information content (AvgIpc) is 3.08. The number of hydrogen-bond donors (Lipinski definition) is 1. The lowest BCUT2D eigenvalue weighted by Crippen LogP contribution is -2.29. The minimum Gasteiger partial charge on any atom is -0.207 e. The molecule has 1 heterocycles. The molecule has 0 radical (unpaired) electrons. The Labute approximate surface area is 148 Å². The van der Waals surface area contributed by atoms with E-state index >= 15 is 0 Å². The molecule has 118 valence electrons.